The van der Waals surface area contributed by atoms with Gasteiger partial charge in [-0.15, -0.1) is 0 Å². The summed E-state index contributed by atoms with van der Waals surface area (Å²) in [5, 5.41) is 9.26. The van der Waals surface area contributed by atoms with Crippen LogP contribution in [0.25, 0.3) is 0 Å². The molecule has 0 saturated heterocycles. The molecule has 152 valence electrons. The van der Waals surface area contributed by atoms with E-state index in [1.807, 2.05) is 6.92 Å². The molecule has 0 amide bonds. The topological polar surface area (TPSA) is 50.1 Å². The van der Waals surface area contributed by atoms with Gasteiger partial charge in [-0.1, -0.05) is 78.1 Å². The zero-order valence-corrected chi connectivity index (χ0v) is 17.6. The second kappa shape index (κ2) is 11.5. The highest BCUT2D eigenvalue weighted by molar-refractivity contribution is 5.78. The van der Waals surface area contributed by atoms with E-state index in [2.05, 4.69) is 13.0 Å². The number of unbranched alkanes of at least 4 members (excludes halogenated alkanes) is 3. The molecule has 0 N–H and O–H groups in total. The first-order chi connectivity index (χ1) is 13.2. The molecular weight excluding hydrogens is 334 g/mol. The highest BCUT2D eigenvalue weighted by Gasteiger charge is 2.48. The molecule has 0 radical (unpaired) electrons. The highest BCUT2D eigenvalue weighted by atomic mass is 16.5. The van der Waals surface area contributed by atoms with Gasteiger partial charge in [0.25, 0.3) is 0 Å². The Bertz CT molecular complexity index is 517. The van der Waals surface area contributed by atoms with Crippen molar-refractivity contribution in [3.63, 3.8) is 0 Å². The largest absolute Gasteiger partial charge is 0.415 e. The first-order valence-electron chi connectivity index (χ1n) is 11.5. The van der Waals surface area contributed by atoms with Gasteiger partial charge < -0.3 is 4.74 Å². The van der Waals surface area contributed by atoms with E-state index in [9.17, 15) is 10.1 Å². The van der Waals surface area contributed by atoms with Gasteiger partial charge in [0.05, 0.1) is 5.41 Å². The average molecular weight is 374 g/mol. The van der Waals surface area contributed by atoms with Gasteiger partial charge in [0, 0.05) is 0 Å². The number of rotatable bonds is 9. The molecule has 0 aliphatic heterocycles. The fraction of sp³-hybridized carbons (Fsp3) is 0.833. The molecular formula is C24H39NO2. The summed E-state index contributed by atoms with van der Waals surface area (Å²) in [7, 11) is 0. The van der Waals surface area contributed by atoms with Crippen molar-refractivity contribution in [2.45, 2.75) is 110 Å². The van der Waals surface area contributed by atoms with Gasteiger partial charge >= 0.3 is 5.97 Å². The fourth-order valence-corrected chi connectivity index (χ4v) is 5.32. The summed E-state index contributed by atoms with van der Waals surface area (Å²) < 4.78 is 5.62. The van der Waals surface area contributed by atoms with Crippen molar-refractivity contribution in [1.82, 2.24) is 0 Å². The molecule has 0 bridgehead atoms. The summed E-state index contributed by atoms with van der Waals surface area (Å²) in [5.74, 6) is 1.37. The molecule has 0 aromatic carbocycles. The van der Waals surface area contributed by atoms with Crippen molar-refractivity contribution >= 4 is 5.97 Å². The summed E-state index contributed by atoms with van der Waals surface area (Å²) in [5.41, 5.74) is -0.338. The number of ether oxygens (including phenoxy) is 1. The van der Waals surface area contributed by atoms with Crippen LogP contribution in [-0.4, -0.2) is 5.97 Å². The zero-order chi connectivity index (χ0) is 19.5. The molecule has 0 atom stereocenters. The van der Waals surface area contributed by atoms with Gasteiger partial charge in [0.2, 0.25) is 5.76 Å². The van der Waals surface area contributed by atoms with Gasteiger partial charge in [0.1, 0.15) is 6.07 Å². The normalized spacial score (nSPS) is 25.6. The van der Waals surface area contributed by atoms with Gasteiger partial charge in [-0.05, 0) is 50.0 Å². The SMILES string of the molecule is CCC=C(C#N)OC(=O)C1(C2CCC(CCCCCC)CC2)CCCCC1. The molecule has 2 rings (SSSR count). The predicted octanol–water partition coefficient (Wildman–Crippen LogP) is 7.07. The van der Waals surface area contributed by atoms with E-state index in [0.717, 1.165) is 44.4 Å². The number of carbonyl (C=O) groups excluding carboxylic acids is 1. The van der Waals surface area contributed by atoms with Crippen LogP contribution in [0.5, 0.6) is 0 Å². The number of nitrogens with zero attached hydrogens (tertiary/aromatic N) is 1. The molecule has 3 heteroatoms. The zero-order valence-electron chi connectivity index (χ0n) is 17.6. The Morgan fingerprint density at radius 2 is 1.78 bits per heavy atom. The Kier molecular flexibility index (Phi) is 9.39. The average Bonchev–Trinajstić information content (AvgIpc) is 2.71. The highest BCUT2D eigenvalue weighted by Crippen LogP contribution is 2.50. The van der Waals surface area contributed by atoms with Gasteiger partial charge in [-0.2, -0.15) is 5.26 Å². The van der Waals surface area contributed by atoms with Gasteiger partial charge in [0.15, 0.2) is 0 Å². The Labute approximate surface area is 166 Å². The minimum absolute atomic E-state index is 0.116. The van der Waals surface area contributed by atoms with Crippen molar-refractivity contribution in [2.24, 2.45) is 17.3 Å². The maximum absolute atomic E-state index is 13.2. The van der Waals surface area contributed by atoms with Crippen LogP contribution in [0.2, 0.25) is 0 Å². The van der Waals surface area contributed by atoms with E-state index < -0.39 is 0 Å². The lowest BCUT2D eigenvalue weighted by Gasteiger charge is -2.44. The second-order valence-corrected chi connectivity index (χ2v) is 8.76. The summed E-state index contributed by atoms with van der Waals surface area (Å²) in [6.45, 7) is 4.23. The third kappa shape index (κ3) is 6.09. The monoisotopic (exact) mass is 373 g/mol. The van der Waals surface area contributed by atoms with E-state index in [1.54, 1.807) is 6.08 Å². The van der Waals surface area contributed by atoms with Crippen LogP contribution >= 0.6 is 0 Å². The van der Waals surface area contributed by atoms with Crippen LogP contribution in [0.1, 0.15) is 110 Å². The van der Waals surface area contributed by atoms with E-state index in [4.69, 9.17) is 4.74 Å². The molecule has 0 aromatic heterocycles. The Balaban J connectivity index is 1.97. The molecule has 2 saturated carbocycles. The number of hydrogen-bond acceptors (Lipinski definition) is 3. The Hall–Kier alpha value is -1.30. The van der Waals surface area contributed by atoms with E-state index in [0.29, 0.717) is 12.3 Å². The molecule has 0 unspecified atom stereocenters. The van der Waals surface area contributed by atoms with Crippen molar-refractivity contribution in [3.05, 3.63) is 11.8 Å². The summed E-state index contributed by atoms with van der Waals surface area (Å²) in [6, 6.07) is 2.05. The lowest BCUT2D eigenvalue weighted by atomic mass is 9.60. The maximum atomic E-state index is 13.2. The first kappa shape index (κ1) is 22.0. The van der Waals surface area contributed by atoms with E-state index in [1.165, 1.54) is 51.4 Å². The fourth-order valence-electron chi connectivity index (χ4n) is 5.32. The van der Waals surface area contributed by atoms with Crippen molar-refractivity contribution in [3.8, 4) is 6.07 Å². The maximum Gasteiger partial charge on any atom is 0.318 e. The predicted molar refractivity (Wildman–Crippen MR) is 110 cm³/mol. The molecule has 2 aliphatic rings. The minimum Gasteiger partial charge on any atom is -0.415 e. The van der Waals surface area contributed by atoms with E-state index >= 15 is 0 Å². The number of esters is 1. The summed E-state index contributed by atoms with van der Waals surface area (Å²) in [4.78, 5) is 13.2. The van der Waals surface area contributed by atoms with Crippen molar-refractivity contribution < 1.29 is 9.53 Å². The quantitative estimate of drug-likeness (QED) is 0.188. The molecule has 0 aromatic rings. The molecule has 3 nitrogen and oxygen atoms in total. The lowest BCUT2D eigenvalue weighted by Crippen LogP contribution is -2.43. The molecule has 0 heterocycles. The minimum atomic E-state index is -0.338. The van der Waals surface area contributed by atoms with Gasteiger partial charge in [-0.25, -0.2) is 0 Å². The van der Waals surface area contributed by atoms with Crippen LogP contribution in [0.15, 0.2) is 11.8 Å². The number of hydrogen-bond donors (Lipinski definition) is 0. The van der Waals surface area contributed by atoms with Gasteiger partial charge in [-0.3, -0.25) is 4.79 Å². The molecule has 27 heavy (non-hydrogen) atoms. The third-order valence-electron chi connectivity index (χ3n) is 6.95. The van der Waals surface area contributed by atoms with Crippen LogP contribution in [0, 0.1) is 28.6 Å². The number of carbonyl (C=O) groups is 1. The smallest absolute Gasteiger partial charge is 0.318 e. The number of allylic oxidation sites excluding steroid dienone is 2. The second-order valence-electron chi connectivity index (χ2n) is 8.76. The molecule has 2 fully saturated rings. The van der Waals surface area contributed by atoms with Crippen LogP contribution in [-0.2, 0) is 9.53 Å². The molecule has 2 aliphatic carbocycles. The van der Waals surface area contributed by atoms with Crippen molar-refractivity contribution in [2.75, 3.05) is 0 Å². The molecule has 0 spiro atoms. The Morgan fingerprint density at radius 1 is 1.07 bits per heavy atom. The summed E-state index contributed by atoms with van der Waals surface area (Å²) in [6.07, 6.45) is 19.4. The Morgan fingerprint density at radius 3 is 2.37 bits per heavy atom. The summed E-state index contributed by atoms with van der Waals surface area (Å²) >= 11 is 0. The number of nitriles is 1. The lowest BCUT2D eigenvalue weighted by molar-refractivity contribution is -0.159. The van der Waals surface area contributed by atoms with Crippen LogP contribution in [0.3, 0.4) is 0 Å². The standard InChI is InChI=1S/C24H39NO2/c1-3-5-6-8-12-20-13-15-21(16-14-20)24(17-9-7-10-18-24)23(26)27-22(19-25)11-4-2/h11,20-21H,3-10,12-18H2,1-2H3. The van der Waals surface area contributed by atoms with Crippen LogP contribution < -0.4 is 0 Å². The van der Waals surface area contributed by atoms with Crippen molar-refractivity contribution in [1.29, 1.82) is 5.26 Å². The third-order valence-corrected chi connectivity index (χ3v) is 6.95. The first-order valence-corrected chi connectivity index (χ1v) is 11.5. The van der Waals surface area contributed by atoms with Crippen LogP contribution in [0.4, 0.5) is 0 Å². The van der Waals surface area contributed by atoms with E-state index in [-0.39, 0.29) is 17.1 Å².